The van der Waals surface area contributed by atoms with Crippen LogP contribution in [-0.4, -0.2) is 29.4 Å². The summed E-state index contributed by atoms with van der Waals surface area (Å²) in [5.74, 6) is -0.374. The molecular formula is C18H18ClN3O5. The van der Waals surface area contributed by atoms with Crippen molar-refractivity contribution in [1.82, 2.24) is 5.32 Å². The first-order valence-corrected chi connectivity index (χ1v) is 8.48. The van der Waals surface area contributed by atoms with Crippen LogP contribution in [0.2, 0.25) is 5.02 Å². The molecule has 2 amide bonds. The maximum atomic E-state index is 12.2. The van der Waals surface area contributed by atoms with Crippen molar-refractivity contribution in [3.05, 3.63) is 63.2 Å². The van der Waals surface area contributed by atoms with Crippen molar-refractivity contribution in [3.63, 3.8) is 0 Å². The molecule has 0 radical (unpaired) electrons. The van der Waals surface area contributed by atoms with E-state index >= 15 is 0 Å². The van der Waals surface area contributed by atoms with Gasteiger partial charge in [-0.1, -0.05) is 11.6 Å². The number of hydrogen-bond acceptors (Lipinski definition) is 5. The fourth-order valence-electron chi connectivity index (χ4n) is 2.19. The number of carbonyl (C=O) groups is 2. The first-order chi connectivity index (χ1) is 12.8. The molecule has 0 heterocycles. The summed E-state index contributed by atoms with van der Waals surface area (Å²) < 4.78 is 5.32. The van der Waals surface area contributed by atoms with E-state index in [9.17, 15) is 19.7 Å². The summed E-state index contributed by atoms with van der Waals surface area (Å²) in [6.07, 6.45) is 0. The van der Waals surface area contributed by atoms with Crippen molar-refractivity contribution in [2.45, 2.75) is 19.9 Å². The number of nitro groups is 1. The molecular weight excluding hydrogens is 374 g/mol. The fraction of sp³-hybridized carbons (Fsp3) is 0.222. The highest BCUT2D eigenvalue weighted by Gasteiger charge is 2.20. The summed E-state index contributed by atoms with van der Waals surface area (Å²) in [7, 11) is 0. The van der Waals surface area contributed by atoms with Gasteiger partial charge in [0.15, 0.2) is 0 Å². The number of rotatable bonds is 7. The summed E-state index contributed by atoms with van der Waals surface area (Å²) in [6, 6.07) is 9.61. The van der Waals surface area contributed by atoms with Gasteiger partial charge in [0.25, 0.3) is 11.6 Å². The number of nitro benzene ring substituents is 1. The molecule has 0 aliphatic heterocycles. The van der Waals surface area contributed by atoms with Crippen LogP contribution >= 0.6 is 11.6 Å². The Kier molecular flexibility index (Phi) is 6.73. The lowest BCUT2D eigenvalue weighted by Gasteiger charge is -2.14. The molecule has 9 heteroatoms. The highest BCUT2D eigenvalue weighted by atomic mass is 35.5. The average Bonchev–Trinajstić information content (AvgIpc) is 2.63. The van der Waals surface area contributed by atoms with Gasteiger partial charge < -0.3 is 15.4 Å². The summed E-state index contributed by atoms with van der Waals surface area (Å²) in [5.41, 5.74) is 0.203. The largest absolute Gasteiger partial charge is 0.494 e. The number of halogens is 1. The van der Waals surface area contributed by atoms with E-state index in [4.69, 9.17) is 16.3 Å². The number of nitrogens with one attached hydrogen (secondary N) is 2. The predicted molar refractivity (Wildman–Crippen MR) is 101 cm³/mol. The summed E-state index contributed by atoms with van der Waals surface area (Å²) >= 11 is 5.73. The Morgan fingerprint density at radius 1 is 1.22 bits per heavy atom. The standard InChI is InChI=1S/C18H18ClN3O5/c1-3-27-14-7-5-13(6-8-14)21-17(23)11(2)20-18(24)12-4-9-15(19)16(10-12)22(25)26/h4-11H,3H2,1-2H3,(H,20,24)(H,21,23)/t11-/m0/s1. The highest BCUT2D eigenvalue weighted by molar-refractivity contribution is 6.32. The van der Waals surface area contributed by atoms with Crippen LogP contribution in [0.15, 0.2) is 42.5 Å². The lowest BCUT2D eigenvalue weighted by Crippen LogP contribution is -2.41. The lowest BCUT2D eigenvalue weighted by molar-refractivity contribution is -0.384. The molecule has 2 rings (SSSR count). The van der Waals surface area contributed by atoms with Gasteiger partial charge in [-0.2, -0.15) is 0 Å². The number of carbonyl (C=O) groups excluding carboxylic acids is 2. The molecule has 0 bridgehead atoms. The average molecular weight is 392 g/mol. The molecule has 0 saturated heterocycles. The normalized spacial score (nSPS) is 11.4. The van der Waals surface area contributed by atoms with Crippen LogP contribution in [0.5, 0.6) is 5.75 Å². The van der Waals surface area contributed by atoms with E-state index in [0.717, 1.165) is 6.07 Å². The molecule has 0 aliphatic rings. The second-order valence-corrected chi connectivity index (χ2v) is 5.97. The van der Waals surface area contributed by atoms with Gasteiger partial charge in [-0.05, 0) is 50.2 Å². The van der Waals surface area contributed by atoms with Gasteiger partial charge in [0, 0.05) is 17.3 Å². The second kappa shape index (κ2) is 9.00. The lowest BCUT2D eigenvalue weighted by atomic mass is 10.1. The van der Waals surface area contributed by atoms with Gasteiger partial charge in [0.1, 0.15) is 16.8 Å². The van der Waals surface area contributed by atoms with E-state index in [1.54, 1.807) is 24.3 Å². The molecule has 0 fully saturated rings. The Bertz CT molecular complexity index is 855. The Hall–Kier alpha value is -3.13. The van der Waals surface area contributed by atoms with Crippen LogP contribution in [-0.2, 0) is 4.79 Å². The molecule has 2 N–H and O–H groups in total. The molecule has 27 heavy (non-hydrogen) atoms. The minimum absolute atomic E-state index is 0.0341. The molecule has 0 aromatic heterocycles. The molecule has 1 atom stereocenters. The van der Waals surface area contributed by atoms with Crippen LogP contribution in [0.25, 0.3) is 0 Å². The van der Waals surface area contributed by atoms with E-state index in [2.05, 4.69) is 10.6 Å². The number of nitrogens with zero attached hydrogens (tertiary/aromatic N) is 1. The summed E-state index contributed by atoms with van der Waals surface area (Å²) in [5, 5.41) is 16.0. The van der Waals surface area contributed by atoms with Crippen LogP contribution in [0.3, 0.4) is 0 Å². The smallest absolute Gasteiger partial charge is 0.288 e. The van der Waals surface area contributed by atoms with Crippen LogP contribution in [0.1, 0.15) is 24.2 Å². The zero-order valence-electron chi connectivity index (χ0n) is 14.7. The van der Waals surface area contributed by atoms with Gasteiger partial charge in [-0.3, -0.25) is 19.7 Å². The third-order valence-corrected chi connectivity index (χ3v) is 3.90. The molecule has 0 aliphatic carbocycles. The third-order valence-electron chi connectivity index (χ3n) is 3.58. The number of amides is 2. The molecule has 0 saturated carbocycles. The Morgan fingerprint density at radius 2 is 1.89 bits per heavy atom. The van der Waals surface area contributed by atoms with E-state index in [1.807, 2.05) is 6.92 Å². The highest BCUT2D eigenvalue weighted by Crippen LogP contribution is 2.25. The molecule has 0 unspecified atom stereocenters. The van der Waals surface area contributed by atoms with Crippen molar-refractivity contribution in [1.29, 1.82) is 0 Å². The molecule has 8 nitrogen and oxygen atoms in total. The van der Waals surface area contributed by atoms with Gasteiger partial charge >= 0.3 is 0 Å². The van der Waals surface area contributed by atoms with Gasteiger partial charge in [0.2, 0.25) is 5.91 Å². The van der Waals surface area contributed by atoms with Crippen LogP contribution in [0.4, 0.5) is 11.4 Å². The van der Waals surface area contributed by atoms with Gasteiger partial charge in [-0.25, -0.2) is 0 Å². The van der Waals surface area contributed by atoms with Crippen molar-refractivity contribution in [2.24, 2.45) is 0 Å². The van der Waals surface area contributed by atoms with E-state index in [0.29, 0.717) is 18.0 Å². The fourth-order valence-corrected chi connectivity index (χ4v) is 2.38. The molecule has 142 valence electrons. The van der Waals surface area contributed by atoms with Crippen molar-refractivity contribution >= 4 is 34.8 Å². The number of hydrogen-bond donors (Lipinski definition) is 2. The minimum Gasteiger partial charge on any atom is -0.494 e. The summed E-state index contributed by atoms with van der Waals surface area (Å²) in [4.78, 5) is 34.7. The van der Waals surface area contributed by atoms with Crippen LogP contribution < -0.4 is 15.4 Å². The Labute approximate surface area is 160 Å². The zero-order valence-corrected chi connectivity index (χ0v) is 15.4. The Morgan fingerprint density at radius 3 is 2.48 bits per heavy atom. The zero-order chi connectivity index (χ0) is 20.0. The first-order valence-electron chi connectivity index (χ1n) is 8.10. The Balaban J connectivity index is 2.00. The SMILES string of the molecule is CCOc1ccc(NC(=O)[C@H](C)NC(=O)c2ccc(Cl)c([N+](=O)[O-])c2)cc1. The quantitative estimate of drug-likeness (QED) is 0.555. The van der Waals surface area contributed by atoms with Crippen molar-refractivity contribution in [3.8, 4) is 5.75 Å². The van der Waals surface area contributed by atoms with Crippen LogP contribution in [0, 0.1) is 10.1 Å². The predicted octanol–water partition coefficient (Wildman–Crippen LogP) is 3.40. The van der Waals surface area contributed by atoms with Gasteiger partial charge in [-0.15, -0.1) is 0 Å². The minimum atomic E-state index is -0.862. The van der Waals surface area contributed by atoms with E-state index in [1.165, 1.54) is 19.1 Å². The second-order valence-electron chi connectivity index (χ2n) is 5.57. The molecule has 2 aromatic rings. The summed E-state index contributed by atoms with van der Waals surface area (Å²) in [6.45, 7) is 3.92. The first kappa shape index (κ1) is 20.2. The topological polar surface area (TPSA) is 111 Å². The third kappa shape index (κ3) is 5.42. The van der Waals surface area contributed by atoms with Crippen molar-refractivity contribution in [2.75, 3.05) is 11.9 Å². The number of anilines is 1. The van der Waals surface area contributed by atoms with Crippen molar-refractivity contribution < 1.29 is 19.2 Å². The van der Waals surface area contributed by atoms with Gasteiger partial charge in [0.05, 0.1) is 11.5 Å². The van der Waals surface area contributed by atoms with E-state index in [-0.39, 0.29) is 16.3 Å². The monoisotopic (exact) mass is 391 g/mol. The molecule has 2 aromatic carbocycles. The molecule has 0 spiro atoms. The number of benzene rings is 2. The van der Waals surface area contributed by atoms with E-state index < -0.39 is 22.8 Å². The maximum absolute atomic E-state index is 12.2. The maximum Gasteiger partial charge on any atom is 0.288 e. The number of ether oxygens (including phenoxy) is 1.